The van der Waals surface area contributed by atoms with Crippen LogP contribution in [0.2, 0.25) is 0 Å². The van der Waals surface area contributed by atoms with Crippen LogP contribution in [0.5, 0.6) is 0 Å². The second-order valence-electron chi connectivity index (χ2n) is 7.10. The van der Waals surface area contributed by atoms with Crippen LogP contribution < -0.4 is 0 Å². The lowest BCUT2D eigenvalue weighted by atomic mass is 9.95. The average molecular weight is 353 g/mol. The summed E-state index contributed by atoms with van der Waals surface area (Å²) < 4.78 is 1.82. The quantitative estimate of drug-likeness (QED) is 0.865. The lowest BCUT2D eigenvalue weighted by Gasteiger charge is -2.30. The molecule has 1 aromatic carbocycles. The lowest BCUT2D eigenvalue weighted by Crippen LogP contribution is -2.39. The van der Waals surface area contributed by atoms with Gasteiger partial charge in [0.05, 0.1) is 12.1 Å². The van der Waals surface area contributed by atoms with Crippen molar-refractivity contribution < 1.29 is 9.90 Å². The number of aromatic nitrogens is 2. The molecule has 1 atom stereocenters. The molecule has 3 rings (SSSR count). The summed E-state index contributed by atoms with van der Waals surface area (Å²) in [6.07, 6.45) is 8.87. The number of nitrogens with zero attached hydrogens (tertiary/aromatic N) is 3. The molecule has 1 aliphatic rings. The van der Waals surface area contributed by atoms with E-state index >= 15 is 0 Å². The zero-order valence-electron chi connectivity index (χ0n) is 15.6. The zero-order chi connectivity index (χ0) is 18.5. The summed E-state index contributed by atoms with van der Waals surface area (Å²) in [5, 5.41) is 13.6. The number of likely N-dealkylation sites (tertiary alicyclic amines) is 1. The minimum absolute atomic E-state index is 0.220. The molecule has 1 aliphatic heterocycles. The highest BCUT2D eigenvalue weighted by Gasteiger charge is 2.24. The Morgan fingerprint density at radius 2 is 2.19 bits per heavy atom. The topological polar surface area (TPSA) is 58.4 Å². The van der Waals surface area contributed by atoms with E-state index < -0.39 is 5.97 Å². The van der Waals surface area contributed by atoms with Gasteiger partial charge < -0.3 is 10.0 Å². The molecule has 1 fully saturated rings. The van der Waals surface area contributed by atoms with E-state index in [9.17, 15) is 9.90 Å². The van der Waals surface area contributed by atoms with Gasteiger partial charge in [-0.05, 0) is 49.4 Å². The van der Waals surface area contributed by atoms with Crippen LogP contribution in [0.15, 0.2) is 42.7 Å². The van der Waals surface area contributed by atoms with E-state index in [1.54, 1.807) is 0 Å². The Labute approximate surface area is 154 Å². The molecule has 0 amide bonds. The summed E-state index contributed by atoms with van der Waals surface area (Å²) in [6, 6.07) is 8.39. The van der Waals surface area contributed by atoms with E-state index in [-0.39, 0.29) is 5.92 Å². The van der Waals surface area contributed by atoms with Gasteiger partial charge >= 0.3 is 5.97 Å². The lowest BCUT2D eigenvalue weighted by molar-refractivity contribution is -0.143. The normalized spacial score (nSPS) is 18.8. The molecule has 2 heterocycles. The molecule has 5 heteroatoms. The van der Waals surface area contributed by atoms with Gasteiger partial charge in [0.25, 0.3) is 0 Å². The van der Waals surface area contributed by atoms with Crippen LogP contribution in [0.1, 0.15) is 36.0 Å². The number of carbonyl (C=O) groups is 1. The summed E-state index contributed by atoms with van der Waals surface area (Å²) in [7, 11) is 1.93. The second kappa shape index (κ2) is 8.32. The fourth-order valence-corrected chi connectivity index (χ4v) is 3.67. The number of piperidine rings is 1. The molecule has 0 radical (unpaired) electrons. The standard InChI is InChI=1S/C21H27N3O2/c1-16-7-3-4-9-19(16)20(18-13-22-23(2)14-18)10-6-12-24-11-5-8-17(15-24)21(25)26/h3-4,7,9-10,13-14,17H,5-6,8,11-12,15H2,1-2H3,(H,25,26)/b20-10+. The SMILES string of the molecule is Cc1ccccc1/C(=C/CCN1CCCC(C(=O)O)C1)c1cnn(C)c1. The van der Waals surface area contributed by atoms with Gasteiger partial charge in [0, 0.05) is 31.9 Å². The molecule has 138 valence electrons. The highest BCUT2D eigenvalue weighted by molar-refractivity contribution is 5.80. The predicted molar refractivity (Wildman–Crippen MR) is 103 cm³/mol. The first-order chi connectivity index (χ1) is 12.5. The van der Waals surface area contributed by atoms with Crippen LogP contribution in [-0.4, -0.2) is 45.4 Å². The van der Waals surface area contributed by atoms with Crippen LogP contribution in [0.4, 0.5) is 0 Å². The summed E-state index contributed by atoms with van der Waals surface area (Å²) in [5.74, 6) is -0.886. The Hall–Kier alpha value is -2.40. The number of rotatable bonds is 6. The monoisotopic (exact) mass is 353 g/mol. The van der Waals surface area contributed by atoms with Crippen LogP contribution in [0.3, 0.4) is 0 Å². The van der Waals surface area contributed by atoms with Gasteiger partial charge in [-0.25, -0.2) is 0 Å². The van der Waals surface area contributed by atoms with Gasteiger partial charge in [-0.1, -0.05) is 30.3 Å². The Kier molecular flexibility index (Phi) is 5.89. The van der Waals surface area contributed by atoms with Crippen molar-refractivity contribution in [3.63, 3.8) is 0 Å². The van der Waals surface area contributed by atoms with Crippen LogP contribution in [0.25, 0.3) is 5.57 Å². The molecule has 1 aromatic heterocycles. The third-order valence-electron chi connectivity index (χ3n) is 5.10. The van der Waals surface area contributed by atoms with Gasteiger partial charge in [0.1, 0.15) is 0 Å². The van der Waals surface area contributed by atoms with Crippen LogP contribution in [-0.2, 0) is 11.8 Å². The number of carboxylic acids is 1. The molecular formula is C21H27N3O2. The van der Waals surface area contributed by atoms with Crippen molar-refractivity contribution in [3.05, 3.63) is 59.4 Å². The number of benzene rings is 1. The Bertz CT molecular complexity index is 794. The Morgan fingerprint density at radius 3 is 2.88 bits per heavy atom. The number of hydrogen-bond donors (Lipinski definition) is 1. The maximum atomic E-state index is 11.2. The highest BCUT2D eigenvalue weighted by Crippen LogP contribution is 2.26. The molecule has 0 bridgehead atoms. The molecule has 0 spiro atoms. The number of aliphatic carboxylic acids is 1. The van der Waals surface area contributed by atoms with Crippen LogP contribution >= 0.6 is 0 Å². The van der Waals surface area contributed by atoms with Gasteiger partial charge in [0.15, 0.2) is 0 Å². The molecule has 1 N–H and O–H groups in total. The van der Waals surface area contributed by atoms with E-state index in [1.807, 2.05) is 24.1 Å². The van der Waals surface area contributed by atoms with E-state index in [0.717, 1.165) is 37.9 Å². The maximum Gasteiger partial charge on any atom is 0.307 e. The van der Waals surface area contributed by atoms with Gasteiger partial charge in [0.2, 0.25) is 0 Å². The minimum Gasteiger partial charge on any atom is -0.481 e. The summed E-state index contributed by atoms with van der Waals surface area (Å²) in [5.41, 5.74) is 4.78. The van der Waals surface area contributed by atoms with E-state index in [4.69, 9.17) is 0 Å². The first kappa shape index (κ1) is 18.4. The number of aryl methyl sites for hydroxylation is 2. The van der Waals surface area contributed by atoms with Crippen LogP contribution in [0, 0.1) is 12.8 Å². The summed E-state index contributed by atoms with van der Waals surface area (Å²) in [4.78, 5) is 13.5. The Morgan fingerprint density at radius 1 is 1.38 bits per heavy atom. The minimum atomic E-state index is -0.666. The molecule has 2 aromatic rings. The van der Waals surface area contributed by atoms with Crippen molar-refractivity contribution in [2.75, 3.05) is 19.6 Å². The molecular weight excluding hydrogens is 326 g/mol. The first-order valence-corrected chi connectivity index (χ1v) is 9.25. The number of carboxylic acid groups (broad SMARTS) is 1. The van der Waals surface area contributed by atoms with E-state index in [2.05, 4.69) is 47.3 Å². The molecule has 1 unspecified atom stereocenters. The molecule has 1 saturated heterocycles. The largest absolute Gasteiger partial charge is 0.481 e. The van der Waals surface area contributed by atoms with Gasteiger partial charge in [-0.3, -0.25) is 9.48 Å². The second-order valence-corrected chi connectivity index (χ2v) is 7.10. The first-order valence-electron chi connectivity index (χ1n) is 9.25. The third kappa shape index (κ3) is 4.41. The van der Waals surface area contributed by atoms with Crippen molar-refractivity contribution in [2.45, 2.75) is 26.2 Å². The zero-order valence-corrected chi connectivity index (χ0v) is 15.6. The van der Waals surface area contributed by atoms with Gasteiger partial charge in [-0.2, -0.15) is 5.10 Å². The van der Waals surface area contributed by atoms with Crippen molar-refractivity contribution in [2.24, 2.45) is 13.0 Å². The summed E-state index contributed by atoms with van der Waals surface area (Å²) >= 11 is 0. The highest BCUT2D eigenvalue weighted by atomic mass is 16.4. The van der Waals surface area contributed by atoms with Crippen molar-refractivity contribution in [3.8, 4) is 0 Å². The fourth-order valence-electron chi connectivity index (χ4n) is 3.67. The molecule has 0 aliphatic carbocycles. The van der Waals surface area contributed by atoms with E-state index in [1.165, 1.54) is 16.7 Å². The van der Waals surface area contributed by atoms with E-state index in [0.29, 0.717) is 6.54 Å². The smallest absolute Gasteiger partial charge is 0.307 e. The molecule has 0 saturated carbocycles. The van der Waals surface area contributed by atoms with Crippen molar-refractivity contribution >= 4 is 11.5 Å². The van der Waals surface area contributed by atoms with Gasteiger partial charge in [-0.15, -0.1) is 0 Å². The number of hydrogen-bond acceptors (Lipinski definition) is 3. The summed E-state index contributed by atoms with van der Waals surface area (Å²) in [6.45, 7) is 4.67. The van der Waals surface area contributed by atoms with Crippen molar-refractivity contribution in [1.82, 2.24) is 14.7 Å². The Balaban J connectivity index is 1.75. The molecule has 26 heavy (non-hydrogen) atoms. The molecule has 5 nitrogen and oxygen atoms in total. The van der Waals surface area contributed by atoms with Crippen molar-refractivity contribution in [1.29, 1.82) is 0 Å². The average Bonchev–Trinajstić information content (AvgIpc) is 3.06. The third-order valence-corrected chi connectivity index (χ3v) is 5.10. The maximum absolute atomic E-state index is 11.2. The fraction of sp³-hybridized carbons (Fsp3) is 0.429. The predicted octanol–water partition coefficient (Wildman–Crippen LogP) is 3.35.